The number of esters is 2. The van der Waals surface area contributed by atoms with E-state index in [1.807, 2.05) is 0 Å². The topological polar surface area (TPSA) is 65.1 Å². The minimum Gasteiger partial charge on any atom is -0.462 e. The van der Waals surface area contributed by atoms with Gasteiger partial charge in [-0.25, -0.2) is 9.59 Å². The van der Waals surface area contributed by atoms with Crippen molar-refractivity contribution >= 4 is 18.0 Å². The van der Waals surface area contributed by atoms with Crippen LogP contribution in [0.15, 0.2) is 71.6 Å². The number of alkyl halides is 3. The van der Waals surface area contributed by atoms with E-state index < -0.39 is 41.2 Å². The summed E-state index contributed by atoms with van der Waals surface area (Å²) in [7, 11) is 0. The van der Waals surface area contributed by atoms with E-state index in [1.54, 1.807) is 43.3 Å². The van der Waals surface area contributed by atoms with Crippen LogP contribution in [0.25, 0.3) is 6.08 Å². The number of allylic oxidation sites excluding steroid dienone is 1. The van der Waals surface area contributed by atoms with Crippen molar-refractivity contribution in [1.29, 1.82) is 0 Å². The number of halogens is 3. The van der Waals surface area contributed by atoms with Gasteiger partial charge in [0.25, 0.3) is 0 Å². The highest BCUT2D eigenvalue weighted by molar-refractivity contribution is 6.02. The molecule has 0 fully saturated rings. The Morgan fingerprint density at radius 3 is 2.20 bits per heavy atom. The smallest absolute Gasteiger partial charge is 0.426 e. The highest BCUT2D eigenvalue weighted by Crippen LogP contribution is 2.57. The van der Waals surface area contributed by atoms with E-state index in [0.29, 0.717) is 16.8 Å². The molecule has 0 aliphatic carbocycles. The largest absolute Gasteiger partial charge is 0.462 e. The van der Waals surface area contributed by atoms with Crippen LogP contribution in [-0.2, 0) is 29.4 Å². The molecular weight excluding hydrogens is 463 g/mol. The Bertz CT molecular complexity index is 1200. The maximum absolute atomic E-state index is 15.2. The number of carbonyl (C=O) groups excluding carboxylic acids is 2. The van der Waals surface area contributed by atoms with Crippen LogP contribution in [0.3, 0.4) is 0 Å². The quantitative estimate of drug-likeness (QED) is 0.539. The Balaban J connectivity index is 2.16. The second-order valence-corrected chi connectivity index (χ2v) is 7.96. The Hall–Kier alpha value is -3.59. The van der Waals surface area contributed by atoms with Gasteiger partial charge in [0, 0.05) is 11.3 Å². The molecule has 0 saturated carbocycles. The molecule has 0 bridgehead atoms. The number of rotatable bonds is 5. The average Bonchev–Trinajstić information content (AvgIpc) is 2.83. The first-order chi connectivity index (χ1) is 16.7. The fraction of sp³-hybridized carbons (Fsp3) is 0.308. The lowest BCUT2D eigenvalue weighted by Crippen LogP contribution is -2.57. The Kier molecular flexibility index (Phi) is 6.46. The van der Waals surface area contributed by atoms with Crippen molar-refractivity contribution in [3.63, 3.8) is 0 Å². The average molecular weight is 487 g/mol. The van der Waals surface area contributed by atoms with E-state index in [0.717, 1.165) is 0 Å². The molecule has 0 radical (unpaired) electrons. The summed E-state index contributed by atoms with van der Waals surface area (Å²) in [4.78, 5) is 27.8. The molecule has 6 nitrogen and oxygen atoms in total. The van der Waals surface area contributed by atoms with Crippen LogP contribution in [0.4, 0.5) is 13.2 Å². The molecule has 2 aliphatic heterocycles. The van der Waals surface area contributed by atoms with Gasteiger partial charge in [-0.2, -0.15) is 13.2 Å². The predicted octanol–water partition coefficient (Wildman–Crippen LogP) is 5.23. The molecule has 2 aromatic carbocycles. The summed E-state index contributed by atoms with van der Waals surface area (Å²) in [6.45, 7) is 4.30. The van der Waals surface area contributed by atoms with Crippen LogP contribution in [0.5, 0.6) is 0 Å². The Morgan fingerprint density at radius 2 is 1.57 bits per heavy atom. The number of nitrogens with zero attached hydrogens (tertiary/aromatic N) is 1. The molecule has 184 valence electrons. The highest BCUT2D eigenvalue weighted by Gasteiger charge is 2.68. The van der Waals surface area contributed by atoms with E-state index >= 15 is 13.2 Å². The number of benzene rings is 2. The van der Waals surface area contributed by atoms with Crippen molar-refractivity contribution in [2.45, 2.75) is 38.8 Å². The summed E-state index contributed by atoms with van der Waals surface area (Å²) in [6, 6.07) is 13.6. The van der Waals surface area contributed by atoms with Gasteiger partial charge in [0.1, 0.15) is 11.3 Å². The second kappa shape index (κ2) is 9.22. The zero-order valence-corrected chi connectivity index (χ0v) is 19.4. The van der Waals surface area contributed by atoms with Crippen LogP contribution in [0, 0.1) is 0 Å². The molecule has 0 amide bonds. The molecule has 4 rings (SSSR count). The molecule has 2 aromatic rings. The van der Waals surface area contributed by atoms with E-state index in [4.69, 9.17) is 14.2 Å². The van der Waals surface area contributed by atoms with Crippen LogP contribution in [0.2, 0.25) is 0 Å². The highest BCUT2D eigenvalue weighted by atomic mass is 19.4. The molecule has 0 saturated heterocycles. The van der Waals surface area contributed by atoms with Gasteiger partial charge < -0.3 is 19.1 Å². The van der Waals surface area contributed by atoms with Crippen LogP contribution in [0.1, 0.15) is 43.7 Å². The third kappa shape index (κ3) is 3.89. The number of ether oxygens (including phenoxy) is 3. The minimum atomic E-state index is -5.15. The minimum absolute atomic E-state index is 0.110. The molecule has 2 aliphatic rings. The van der Waals surface area contributed by atoms with E-state index in [-0.39, 0.29) is 18.8 Å². The molecule has 0 spiro atoms. The van der Waals surface area contributed by atoms with Crippen LogP contribution < -0.4 is 0 Å². The summed E-state index contributed by atoms with van der Waals surface area (Å²) in [5.41, 5.74) is -3.74. The van der Waals surface area contributed by atoms with Gasteiger partial charge in [-0.15, -0.1) is 0 Å². The van der Waals surface area contributed by atoms with Crippen molar-refractivity contribution in [2.75, 3.05) is 13.2 Å². The summed E-state index contributed by atoms with van der Waals surface area (Å²) in [5, 5.41) is 0. The predicted molar refractivity (Wildman–Crippen MR) is 120 cm³/mol. The number of hydrogen-bond donors (Lipinski definition) is 0. The van der Waals surface area contributed by atoms with Crippen molar-refractivity contribution in [1.82, 2.24) is 4.90 Å². The van der Waals surface area contributed by atoms with Crippen molar-refractivity contribution < 1.29 is 37.0 Å². The Morgan fingerprint density at radius 1 is 0.971 bits per heavy atom. The zero-order chi connectivity index (χ0) is 25.4. The molecule has 2 heterocycles. The zero-order valence-electron chi connectivity index (χ0n) is 19.4. The van der Waals surface area contributed by atoms with E-state index in [2.05, 4.69) is 0 Å². The summed E-state index contributed by atoms with van der Waals surface area (Å²) in [5.74, 6) is -2.40. The summed E-state index contributed by atoms with van der Waals surface area (Å²) < 4.78 is 61.9. The third-order valence-corrected chi connectivity index (χ3v) is 5.89. The van der Waals surface area contributed by atoms with Crippen molar-refractivity contribution in [3.05, 3.63) is 88.3 Å². The summed E-state index contributed by atoms with van der Waals surface area (Å²) >= 11 is 0. The Labute approximate surface area is 200 Å². The SMILES string of the molecule is CCOC(=O)C1=C(C(=O)OCC)C(c2ccccc2)(C(F)(F)F)OC2c3ccccc3C=C(C)N12. The van der Waals surface area contributed by atoms with Gasteiger partial charge >= 0.3 is 18.1 Å². The van der Waals surface area contributed by atoms with Gasteiger partial charge in [0.05, 0.1) is 13.2 Å². The first-order valence-electron chi connectivity index (χ1n) is 11.1. The molecule has 2 unspecified atom stereocenters. The van der Waals surface area contributed by atoms with Gasteiger partial charge in [0.15, 0.2) is 6.23 Å². The molecule has 2 atom stereocenters. The monoisotopic (exact) mass is 487 g/mol. The van der Waals surface area contributed by atoms with E-state index in [9.17, 15) is 9.59 Å². The van der Waals surface area contributed by atoms with Gasteiger partial charge in [-0.05, 0) is 38.0 Å². The lowest BCUT2D eigenvalue weighted by Gasteiger charge is -2.50. The normalized spacial score (nSPS) is 21.6. The van der Waals surface area contributed by atoms with Gasteiger partial charge in [0.2, 0.25) is 5.60 Å². The number of carbonyl (C=O) groups is 2. The fourth-order valence-electron chi connectivity index (χ4n) is 4.51. The van der Waals surface area contributed by atoms with Crippen molar-refractivity contribution in [2.24, 2.45) is 0 Å². The first kappa shape index (κ1) is 24.5. The molecular formula is C26H24F3NO5. The number of fused-ring (bicyclic) bond motifs is 3. The lowest BCUT2D eigenvalue weighted by molar-refractivity contribution is -0.304. The lowest BCUT2D eigenvalue weighted by atomic mass is 9.80. The standard InChI is InChI=1S/C26H24F3NO5/c1-4-33-23(31)20-21(24(32)34-5-2)30-16(3)15-17-11-9-10-14-19(17)22(30)35-25(20,26(27,28)29)18-12-7-6-8-13-18/h6-15,22H,4-5H2,1-3H3. The van der Waals surface area contributed by atoms with Crippen LogP contribution >= 0.6 is 0 Å². The molecule has 35 heavy (non-hydrogen) atoms. The maximum Gasteiger partial charge on any atom is 0.426 e. The summed E-state index contributed by atoms with van der Waals surface area (Å²) in [6.07, 6.45) is -4.81. The first-order valence-corrected chi connectivity index (χ1v) is 11.1. The maximum atomic E-state index is 15.2. The third-order valence-electron chi connectivity index (χ3n) is 5.89. The molecule has 0 N–H and O–H groups in total. The van der Waals surface area contributed by atoms with Crippen molar-refractivity contribution in [3.8, 4) is 0 Å². The van der Waals surface area contributed by atoms with Gasteiger partial charge in [-0.1, -0.05) is 54.6 Å². The molecule has 9 heteroatoms. The van der Waals surface area contributed by atoms with E-state index in [1.165, 1.54) is 43.0 Å². The molecule has 0 aromatic heterocycles. The van der Waals surface area contributed by atoms with Gasteiger partial charge in [-0.3, -0.25) is 0 Å². The van der Waals surface area contributed by atoms with Crippen LogP contribution in [-0.4, -0.2) is 36.2 Å². The number of hydrogen-bond acceptors (Lipinski definition) is 6. The second-order valence-electron chi connectivity index (χ2n) is 7.96. The fourth-order valence-corrected chi connectivity index (χ4v) is 4.51.